The molecule has 0 bridgehead atoms. The van der Waals surface area contributed by atoms with Gasteiger partial charge >= 0.3 is 11.9 Å². The van der Waals surface area contributed by atoms with Crippen LogP contribution >= 0.6 is 0 Å². The fraction of sp³-hybridized carbons (Fsp3) is 0.750. The van der Waals surface area contributed by atoms with Crippen molar-refractivity contribution in [3.8, 4) is 0 Å². The molecule has 8 heteroatoms. The molecule has 0 aromatic heterocycles. The van der Waals surface area contributed by atoms with E-state index >= 15 is 0 Å². The maximum Gasteiger partial charge on any atom is 0.330 e. The molecule has 186 valence electrons. The standard InChI is InChI=1S/C24H42O8/c1-16(19(25)26)14-18(15-17(2)20(27)28)24(11,32-30-22(6,7)8)13-12-23(9,10)31-29-21(3,4)5/h14-15,18H,12-13H2,1-11H3,(H,25,26)(H,27,28). The molecule has 1 unspecified atom stereocenters. The highest BCUT2D eigenvalue weighted by Gasteiger charge is 2.39. The highest BCUT2D eigenvalue weighted by Crippen LogP contribution is 2.36. The van der Waals surface area contributed by atoms with Crippen molar-refractivity contribution in [1.29, 1.82) is 0 Å². The summed E-state index contributed by atoms with van der Waals surface area (Å²) < 4.78 is 0. The second-order valence-electron chi connectivity index (χ2n) is 11.0. The van der Waals surface area contributed by atoms with Gasteiger partial charge in [-0.15, -0.1) is 0 Å². The lowest BCUT2D eigenvalue weighted by atomic mass is 9.80. The van der Waals surface area contributed by atoms with Gasteiger partial charge in [0, 0.05) is 17.1 Å². The molecule has 0 rings (SSSR count). The van der Waals surface area contributed by atoms with Gasteiger partial charge < -0.3 is 10.2 Å². The molecule has 1 atom stereocenters. The number of hydrogen-bond donors (Lipinski definition) is 2. The Morgan fingerprint density at radius 1 is 0.688 bits per heavy atom. The lowest BCUT2D eigenvalue weighted by Crippen LogP contribution is -2.42. The summed E-state index contributed by atoms with van der Waals surface area (Å²) in [5.41, 5.74) is -2.77. The van der Waals surface area contributed by atoms with Gasteiger partial charge in [0.25, 0.3) is 0 Å². The number of carboxylic acid groups (broad SMARTS) is 2. The minimum atomic E-state index is -1.10. The average molecular weight is 459 g/mol. The highest BCUT2D eigenvalue weighted by molar-refractivity contribution is 5.87. The zero-order valence-electron chi connectivity index (χ0n) is 21.5. The van der Waals surface area contributed by atoms with Gasteiger partial charge in [-0.25, -0.2) is 29.1 Å². The first-order valence-electron chi connectivity index (χ1n) is 10.7. The molecule has 0 aromatic rings. The molecular weight excluding hydrogens is 416 g/mol. The quantitative estimate of drug-likeness (QED) is 0.225. The van der Waals surface area contributed by atoms with Crippen molar-refractivity contribution >= 4 is 11.9 Å². The van der Waals surface area contributed by atoms with E-state index in [1.807, 2.05) is 55.4 Å². The third kappa shape index (κ3) is 12.3. The molecule has 0 saturated heterocycles. The number of rotatable bonds is 12. The van der Waals surface area contributed by atoms with Crippen molar-refractivity contribution in [3.05, 3.63) is 23.3 Å². The first kappa shape index (κ1) is 30.3. The number of carboxylic acids is 2. The van der Waals surface area contributed by atoms with Gasteiger partial charge in [-0.1, -0.05) is 12.2 Å². The van der Waals surface area contributed by atoms with Gasteiger partial charge in [-0.05, 0) is 89.0 Å². The van der Waals surface area contributed by atoms with Crippen LogP contribution in [-0.2, 0) is 29.1 Å². The second kappa shape index (κ2) is 11.4. The van der Waals surface area contributed by atoms with Crippen molar-refractivity contribution < 1.29 is 39.4 Å². The Kier molecular flexibility index (Phi) is 10.8. The number of aliphatic carboxylic acids is 2. The molecule has 32 heavy (non-hydrogen) atoms. The summed E-state index contributed by atoms with van der Waals surface area (Å²) in [4.78, 5) is 45.6. The fourth-order valence-electron chi connectivity index (χ4n) is 2.39. The van der Waals surface area contributed by atoms with Crippen LogP contribution in [0.2, 0.25) is 0 Å². The third-order valence-electron chi connectivity index (χ3n) is 4.46. The van der Waals surface area contributed by atoms with Crippen LogP contribution in [0.1, 0.15) is 89.0 Å². The molecule has 0 saturated carbocycles. The van der Waals surface area contributed by atoms with E-state index in [1.54, 1.807) is 6.92 Å². The molecule has 0 aliphatic carbocycles. The predicted molar refractivity (Wildman–Crippen MR) is 122 cm³/mol. The Hall–Kier alpha value is -1.74. The molecule has 0 heterocycles. The molecular formula is C24H42O8. The van der Waals surface area contributed by atoms with E-state index < -0.39 is 40.3 Å². The van der Waals surface area contributed by atoms with Crippen molar-refractivity contribution in [2.75, 3.05) is 0 Å². The summed E-state index contributed by atoms with van der Waals surface area (Å²) in [6.45, 7) is 19.5. The van der Waals surface area contributed by atoms with Crippen molar-refractivity contribution in [2.24, 2.45) is 5.92 Å². The Morgan fingerprint density at radius 3 is 1.41 bits per heavy atom. The van der Waals surface area contributed by atoms with Crippen LogP contribution in [0.5, 0.6) is 0 Å². The summed E-state index contributed by atoms with van der Waals surface area (Å²) in [5, 5.41) is 18.8. The molecule has 0 aliphatic rings. The summed E-state index contributed by atoms with van der Waals surface area (Å²) in [7, 11) is 0. The second-order valence-corrected chi connectivity index (χ2v) is 11.0. The van der Waals surface area contributed by atoms with Crippen LogP contribution in [0.25, 0.3) is 0 Å². The zero-order valence-corrected chi connectivity index (χ0v) is 21.5. The lowest BCUT2D eigenvalue weighted by Gasteiger charge is -2.38. The van der Waals surface area contributed by atoms with Gasteiger partial charge in [0.1, 0.15) is 5.60 Å². The molecule has 0 fully saturated rings. The predicted octanol–water partition coefficient (Wildman–Crippen LogP) is 5.48. The maximum absolute atomic E-state index is 11.5. The van der Waals surface area contributed by atoms with Crippen LogP contribution in [-0.4, -0.2) is 44.6 Å². The van der Waals surface area contributed by atoms with Crippen molar-refractivity contribution in [2.45, 2.75) is 111 Å². The average Bonchev–Trinajstić information content (AvgIpc) is 2.61. The fourth-order valence-corrected chi connectivity index (χ4v) is 2.39. The zero-order chi connectivity index (χ0) is 25.5. The van der Waals surface area contributed by atoms with E-state index in [0.29, 0.717) is 12.8 Å². The summed E-state index contributed by atoms with van der Waals surface area (Å²) in [6, 6.07) is 0. The van der Waals surface area contributed by atoms with Crippen LogP contribution in [0, 0.1) is 5.92 Å². The number of carbonyl (C=O) groups is 2. The molecule has 0 spiro atoms. The minimum absolute atomic E-state index is 0.0709. The van der Waals surface area contributed by atoms with E-state index in [0.717, 1.165) is 0 Å². The normalized spacial score (nSPS) is 17.1. The van der Waals surface area contributed by atoms with E-state index in [-0.39, 0.29) is 11.1 Å². The van der Waals surface area contributed by atoms with Gasteiger partial charge in [0.15, 0.2) is 0 Å². The van der Waals surface area contributed by atoms with Crippen molar-refractivity contribution in [1.82, 2.24) is 0 Å². The van der Waals surface area contributed by atoms with E-state index in [2.05, 4.69) is 0 Å². The molecule has 2 N–H and O–H groups in total. The molecule has 8 nitrogen and oxygen atoms in total. The molecule has 0 aromatic carbocycles. The lowest BCUT2D eigenvalue weighted by molar-refractivity contribution is -0.415. The van der Waals surface area contributed by atoms with Crippen LogP contribution in [0.15, 0.2) is 23.3 Å². The van der Waals surface area contributed by atoms with E-state index in [9.17, 15) is 19.8 Å². The van der Waals surface area contributed by atoms with Gasteiger partial charge in [-0.3, -0.25) is 0 Å². The van der Waals surface area contributed by atoms with Crippen molar-refractivity contribution in [3.63, 3.8) is 0 Å². The van der Waals surface area contributed by atoms with E-state index in [4.69, 9.17) is 19.6 Å². The summed E-state index contributed by atoms with van der Waals surface area (Å²) in [6.07, 6.45) is 3.80. The Balaban J connectivity index is 6.13. The number of hydrogen-bond acceptors (Lipinski definition) is 6. The molecule has 0 aliphatic heterocycles. The highest BCUT2D eigenvalue weighted by atomic mass is 17.2. The topological polar surface area (TPSA) is 112 Å². The first-order valence-corrected chi connectivity index (χ1v) is 10.7. The van der Waals surface area contributed by atoms with Crippen LogP contribution in [0.3, 0.4) is 0 Å². The largest absolute Gasteiger partial charge is 0.478 e. The molecule has 0 radical (unpaired) electrons. The maximum atomic E-state index is 11.5. The minimum Gasteiger partial charge on any atom is -0.478 e. The van der Waals surface area contributed by atoms with Gasteiger partial charge in [0.2, 0.25) is 0 Å². The van der Waals surface area contributed by atoms with E-state index in [1.165, 1.54) is 26.0 Å². The van der Waals surface area contributed by atoms with Crippen LogP contribution in [0.4, 0.5) is 0 Å². The molecule has 0 amide bonds. The Morgan fingerprint density at radius 2 is 1.06 bits per heavy atom. The Bertz CT molecular complexity index is 676. The summed E-state index contributed by atoms with van der Waals surface area (Å²) in [5.74, 6) is -2.90. The van der Waals surface area contributed by atoms with Crippen LogP contribution < -0.4 is 0 Å². The first-order chi connectivity index (χ1) is 14.2. The van der Waals surface area contributed by atoms with Gasteiger partial charge in [-0.2, -0.15) is 0 Å². The SMILES string of the molecule is CC(=CC(C=C(C)C(=O)O)C(C)(CCC(C)(C)OOC(C)(C)C)OOC(C)(C)C)C(=O)O. The Labute approximate surface area is 192 Å². The summed E-state index contributed by atoms with van der Waals surface area (Å²) >= 11 is 0. The monoisotopic (exact) mass is 458 g/mol. The van der Waals surface area contributed by atoms with Gasteiger partial charge in [0.05, 0.1) is 16.8 Å². The third-order valence-corrected chi connectivity index (χ3v) is 4.46. The smallest absolute Gasteiger partial charge is 0.330 e.